The van der Waals surface area contributed by atoms with Crippen LogP contribution in [0.3, 0.4) is 0 Å². The topological polar surface area (TPSA) is 0 Å². The Bertz CT molecular complexity index is 241. The van der Waals surface area contributed by atoms with Gasteiger partial charge in [0.05, 0.1) is 0 Å². The molecule has 3 rings (SSSR count). The van der Waals surface area contributed by atoms with Gasteiger partial charge in [0.15, 0.2) is 0 Å². The molecule has 0 nitrogen and oxygen atoms in total. The van der Waals surface area contributed by atoms with Crippen molar-refractivity contribution < 1.29 is 77.2 Å². The predicted octanol–water partition coefficient (Wildman–Crippen LogP) is 4.22. The molecule has 0 heterocycles. The molecule has 0 aromatic heterocycles. The van der Waals surface area contributed by atoms with Gasteiger partial charge in [0.25, 0.3) is 0 Å². The summed E-state index contributed by atoms with van der Waals surface area (Å²) in [5, 5.41) is 0. The fraction of sp³-hybridized carbons (Fsp3) is 0. The van der Waals surface area contributed by atoms with Crippen LogP contribution in [-0.2, 0) is 0 Å². The van der Waals surface area contributed by atoms with Crippen molar-refractivity contribution in [2.45, 2.75) is 0 Å². The van der Waals surface area contributed by atoms with Crippen molar-refractivity contribution >= 4 is 0 Å². The summed E-state index contributed by atoms with van der Waals surface area (Å²) in [6.07, 6.45) is 0. The van der Waals surface area contributed by atoms with Crippen LogP contribution in [-0.4, -0.2) is 0 Å². The van der Waals surface area contributed by atoms with Gasteiger partial charge in [0.2, 0.25) is 0 Å². The Hall–Kier alpha value is 0.621. The van der Waals surface area contributed by atoms with Crippen LogP contribution in [0.15, 0.2) is 91.0 Å². The standard InChI is InChI=1S/3C5H5.2Tb/c3*1-2-4-5-3-1;;/h3*1-5H;;/q3*-1;;+3. The zero-order chi connectivity index (χ0) is 10.6. The van der Waals surface area contributed by atoms with Gasteiger partial charge in [0.1, 0.15) is 0 Å². The molecule has 0 fully saturated rings. The minimum Gasteiger partial charge on any atom is -0.214 e. The Morgan fingerprint density at radius 2 is 0.588 bits per heavy atom. The molecule has 0 N–H and O–H groups in total. The summed E-state index contributed by atoms with van der Waals surface area (Å²) in [5.74, 6) is 0. The summed E-state index contributed by atoms with van der Waals surface area (Å²) >= 11 is 0. The van der Waals surface area contributed by atoms with Crippen molar-refractivity contribution in [1.29, 1.82) is 0 Å². The quantitative estimate of drug-likeness (QED) is 0.396. The van der Waals surface area contributed by atoms with Gasteiger partial charge in [-0.1, -0.05) is 0 Å². The summed E-state index contributed by atoms with van der Waals surface area (Å²) in [6, 6.07) is 30.0. The molecule has 1 radical (unpaired) electrons. The minimum atomic E-state index is 0. The Labute approximate surface area is 165 Å². The first-order valence-electron chi connectivity index (χ1n) is 5.00. The van der Waals surface area contributed by atoms with Gasteiger partial charge in [-0.05, 0) is 0 Å². The fourth-order valence-electron chi connectivity index (χ4n) is 0.962. The summed E-state index contributed by atoms with van der Waals surface area (Å²) in [5.41, 5.74) is 0. The van der Waals surface area contributed by atoms with Gasteiger partial charge in [-0.3, -0.25) is 0 Å². The van der Waals surface area contributed by atoms with Gasteiger partial charge >= 0.3 is 38.6 Å². The molecule has 0 unspecified atom stereocenters. The molecule has 3 aromatic carbocycles. The Kier molecular flexibility index (Phi) is 19.5. The minimum absolute atomic E-state index is 0. The third-order valence-corrected chi connectivity index (χ3v) is 1.67. The molecular weight excluding hydrogens is 498 g/mol. The van der Waals surface area contributed by atoms with Gasteiger partial charge in [0, 0.05) is 38.6 Å². The first-order chi connectivity index (χ1) is 7.50. The average Bonchev–Trinajstić information content (AvgIpc) is 3.09. The van der Waals surface area contributed by atoms with Crippen LogP contribution < -0.4 is 0 Å². The third-order valence-electron chi connectivity index (χ3n) is 1.67. The van der Waals surface area contributed by atoms with Crippen LogP contribution in [0.4, 0.5) is 0 Å². The molecule has 0 spiro atoms. The zero-order valence-electron chi connectivity index (χ0n) is 9.33. The van der Waals surface area contributed by atoms with E-state index in [4.69, 9.17) is 0 Å². The first-order valence-corrected chi connectivity index (χ1v) is 5.00. The number of rotatable bonds is 0. The molecule has 0 bridgehead atoms. The van der Waals surface area contributed by atoms with E-state index in [-0.39, 0.29) is 77.2 Å². The van der Waals surface area contributed by atoms with Gasteiger partial charge < -0.3 is 0 Å². The SMILES string of the molecule is [Tb+3].[Tb].c1cc[cH-]c1.c1cc[cH-]c1.c1cc[cH-]c1. The van der Waals surface area contributed by atoms with Gasteiger partial charge in [-0.15, -0.1) is 0 Å². The molecule has 3 aromatic rings. The van der Waals surface area contributed by atoms with Crippen LogP contribution in [0.2, 0.25) is 0 Å². The second-order valence-corrected chi connectivity index (χ2v) is 2.89. The normalized spacial score (nSPS) is 7.06. The van der Waals surface area contributed by atoms with Crippen molar-refractivity contribution in [3.8, 4) is 0 Å². The van der Waals surface area contributed by atoms with E-state index in [0.717, 1.165) is 0 Å². The summed E-state index contributed by atoms with van der Waals surface area (Å²) < 4.78 is 0. The molecule has 0 saturated carbocycles. The van der Waals surface area contributed by atoms with Crippen LogP contribution >= 0.6 is 0 Å². The fourth-order valence-corrected chi connectivity index (χ4v) is 0.962. The van der Waals surface area contributed by atoms with Crippen LogP contribution in [0.5, 0.6) is 0 Å². The summed E-state index contributed by atoms with van der Waals surface area (Å²) in [4.78, 5) is 0. The molecular formula is C15H15Tb2. The van der Waals surface area contributed by atoms with E-state index in [9.17, 15) is 0 Å². The van der Waals surface area contributed by atoms with E-state index < -0.39 is 0 Å². The third kappa shape index (κ3) is 14.6. The van der Waals surface area contributed by atoms with E-state index >= 15 is 0 Å². The monoisotopic (exact) mass is 513 g/mol. The predicted molar refractivity (Wildman–Crippen MR) is 66.1 cm³/mol. The molecule has 17 heavy (non-hydrogen) atoms. The van der Waals surface area contributed by atoms with E-state index in [1.54, 1.807) is 0 Å². The van der Waals surface area contributed by atoms with E-state index in [1.807, 2.05) is 91.0 Å². The van der Waals surface area contributed by atoms with E-state index in [0.29, 0.717) is 0 Å². The smallest absolute Gasteiger partial charge is 0.214 e. The average molecular weight is 513 g/mol. The second kappa shape index (κ2) is 16.6. The van der Waals surface area contributed by atoms with Crippen LogP contribution in [0.1, 0.15) is 0 Å². The molecule has 0 aliphatic rings. The molecule has 0 aliphatic heterocycles. The van der Waals surface area contributed by atoms with Crippen LogP contribution in [0, 0.1) is 77.2 Å². The maximum atomic E-state index is 2.00. The van der Waals surface area contributed by atoms with Crippen molar-refractivity contribution in [1.82, 2.24) is 0 Å². The molecule has 2 heteroatoms. The van der Waals surface area contributed by atoms with Crippen LogP contribution in [0.25, 0.3) is 0 Å². The first kappa shape index (κ1) is 19.9. The maximum absolute atomic E-state index is 2.00. The number of hydrogen-bond donors (Lipinski definition) is 0. The molecule has 0 atom stereocenters. The Morgan fingerprint density at radius 3 is 0.647 bits per heavy atom. The van der Waals surface area contributed by atoms with Crippen molar-refractivity contribution in [3.63, 3.8) is 0 Å². The van der Waals surface area contributed by atoms with Crippen molar-refractivity contribution in [2.24, 2.45) is 0 Å². The molecule has 93 valence electrons. The summed E-state index contributed by atoms with van der Waals surface area (Å²) in [6.45, 7) is 0. The van der Waals surface area contributed by atoms with Gasteiger partial charge in [-0.2, -0.15) is 54.6 Å². The zero-order valence-corrected chi connectivity index (χ0v) is 13.6. The van der Waals surface area contributed by atoms with E-state index in [1.165, 1.54) is 0 Å². The Morgan fingerprint density at radius 1 is 0.412 bits per heavy atom. The molecule has 0 saturated heterocycles. The van der Waals surface area contributed by atoms with Crippen molar-refractivity contribution in [2.75, 3.05) is 0 Å². The number of hydrogen-bond acceptors (Lipinski definition) is 0. The second-order valence-electron chi connectivity index (χ2n) is 2.89. The van der Waals surface area contributed by atoms with Gasteiger partial charge in [-0.25, -0.2) is 36.4 Å². The Balaban J connectivity index is 0. The molecule has 0 amide bonds. The van der Waals surface area contributed by atoms with E-state index in [2.05, 4.69) is 0 Å². The molecule has 0 aliphatic carbocycles. The maximum Gasteiger partial charge on any atom is 3.00 e. The largest absolute Gasteiger partial charge is 3.00 e. The van der Waals surface area contributed by atoms with Crippen molar-refractivity contribution in [3.05, 3.63) is 91.0 Å². The summed E-state index contributed by atoms with van der Waals surface area (Å²) in [7, 11) is 0.